The second-order valence-corrected chi connectivity index (χ2v) is 14.0. The van der Waals surface area contributed by atoms with Crippen LogP contribution in [0.3, 0.4) is 0 Å². The van der Waals surface area contributed by atoms with Gasteiger partial charge in [-0.05, 0) is 76.2 Å². The third-order valence-electron chi connectivity index (χ3n) is 3.70. The maximum absolute atomic E-state index is 11.4. The number of esters is 2. The van der Waals surface area contributed by atoms with Crippen LogP contribution in [-0.2, 0) is 39.5 Å². The average molecular weight is 673 g/mol. The Hall–Kier alpha value is -2.67. The Balaban J connectivity index is 0. The molecule has 0 aliphatic heterocycles. The first-order valence-electron chi connectivity index (χ1n) is 12.0. The summed E-state index contributed by atoms with van der Waals surface area (Å²) >= 11 is 0. The summed E-state index contributed by atoms with van der Waals surface area (Å²) in [6.45, 7) is 13.4. The molecule has 0 radical (unpaired) electrons. The first-order valence-corrected chi connectivity index (χ1v) is 17.4. The van der Waals surface area contributed by atoms with E-state index in [1.165, 1.54) is 14.2 Å². The van der Waals surface area contributed by atoms with Gasteiger partial charge in [0.25, 0.3) is 0 Å². The van der Waals surface area contributed by atoms with E-state index in [0.29, 0.717) is 21.5 Å². The fraction of sp³-hybridized carbons (Fsp3) is 0.258. The molecule has 3 aromatic carbocycles. The Kier molecular flexibility index (Phi) is 25.0. The molecule has 3 rings (SSSR count). The molecule has 0 fully saturated rings. The topological polar surface area (TPSA) is 77.3 Å². The van der Waals surface area contributed by atoms with Gasteiger partial charge in [-0.2, -0.15) is 0 Å². The third-order valence-corrected chi connectivity index (χ3v) is 3.70. The summed E-state index contributed by atoms with van der Waals surface area (Å²) in [6.07, 6.45) is 2.80. The van der Waals surface area contributed by atoms with E-state index in [0.717, 1.165) is 17.7 Å². The van der Waals surface area contributed by atoms with Crippen molar-refractivity contribution in [3.63, 3.8) is 0 Å². The largest absolute Gasteiger partial charge is 2.00 e. The molecule has 0 amide bonds. The summed E-state index contributed by atoms with van der Waals surface area (Å²) < 4.78 is 8.95. The predicted octanol–water partition coefficient (Wildman–Crippen LogP) is 7.26. The van der Waals surface area contributed by atoms with Gasteiger partial charge in [-0.3, -0.25) is 9.79 Å². The van der Waals surface area contributed by atoms with E-state index in [1.807, 2.05) is 66.9 Å². The van der Waals surface area contributed by atoms with Crippen molar-refractivity contribution >= 4 is 51.1 Å². The summed E-state index contributed by atoms with van der Waals surface area (Å²) in [5.41, 5.74) is 2.40. The average Bonchev–Trinajstić information content (AvgIpc) is 2.92. The predicted molar refractivity (Wildman–Crippen MR) is 170 cm³/mol. The maximum Gasteiger partial charge on any atom is 2.00 e. The molecular weight excluding hydrogens is 633 g/mol. The van der Waals surface area contributed by atoms with Gasteiger partial charge in [-0.15, -0.1) is 51.7 Å². The molecular formula is C31H40N2O4P2Pd. The Morgan fingerprint density at radius 2 is 1.23 bits per heavy atom. The third kappa shape index (κ3) is 23.2. The van der Waals surface area contributed by atoms with Gasteiger partial charge < -0.3 is 19.3 Å². The summed E-state index contributed by atoms with van der Waals surface area (Å²) in [6, 6.07) is 29.5. The zero-order valence-electron chi connectivity index (χ0n) is 24.5. The van der Waals surface area contributed by atoms with E-state index in [1.54, 1.807) is 24.3 Å². The second kappa shape index (κ2) is 25.3. The van der Waals surface area contributed by atoms with Gasteiger partial charge in [0.2, 0.25) is 5.97 Å². The van der Waals surface area contributed by atoms with Crippen molar-refractivity contribution in [2.45, 2.75) is 0 Å². The molecule has 218 valence electrons. The Labute approximate surface area is 256 Å². The quantitative estimate of drug-likeness (QED) is 0.0909. The van der Waals surface area contributed by atoms with Gasteiger partial charge in [0.15, 0.2) is 5.97 Å². The van der Waals surface area contributed by atoms with Crippen molar-refractivity contribution < 1.29 is 39.5 Å². The summed E-state index contributed by atoms with van der Waals surface area (Å²) in [7, 11) is 3.19. The fourth-order valence-corrected chi connectivity index (χ4v) is 2.20. The molecule has 9 heteroatoms. The van der Waals surface area contributed by atoms with Crippen LogP contribution in [0.15, 0.2) is 94.9 Å². The zero-order valence-corrected chi connectivity index (χ0v) is 27.8. The minimum atomic E-state index is -0.695. The first-order chi connectivity index (χ1) is 18.6. The number of methoxy groups -OCH3 is 2. The number of rotatable bonds is 6. The molecule has 40 heavy (non-hydrogen) atoms. The number of para-hydroxylation sites is 2. The summed E-state index contributed by atoms with van der Waals surface area (Å²) in [5.74, 6) is -1.36. The molecule has 0 saturated carbocycles. The van der Waals surface area contributed by atoms with Crippen LogP contribution in [0.2, 0.25) is 0 Å². The Morgan fingerprint density at radius 1 is 0.750 bits per heavy atom. The number of nitrogens with zero attached hydrogens (tertiary/aromatic N) is 2. The van der Waals surface area contributed by atoms with Crippen LogP contribution in [-0.4, -0.2) is 78.1 Å². The second-order valence-electron chi connectivity index (χ2n) is 8.59. The van der Waals surface area contributed by atoms with Crippen LogP contribution >= 0.6 is 15.8 Å². The van der Waals surface area contributed by atoms with Crippen LogP contribution in [0.1, 0.15) is 5.56 Å². The van der Waals surface area contributed by atoms with Crippen LogP contribution in [0, 0.1) is 12.5 Å². The molecule has 0 bridgehead atoms. The van der Waals surface area contributed by atoms with Crippen molar-refractivity contribution in [3.05, 3.63) is 103 Å². The molecule has 0 atom stereocenters. The molecule has 0 aliphatic carbocycles. The zero-order chi connectivity index (χ0) is 29.5. The van der Waals surface area contributed by atoms with Crippen LogP contribution in [0.4, 0.5) is 11.4 Å². The number of ether oxygens (including phenoxy) is 2. The number of hydrogen-bond acceptors (Lipinski definition) is 6. The van der Waals surface area contributed by atoms with Gasteiger partial charge >= 0.3 is 20.4 Å². The smallest absolute Gasteiger partial charge is 0.549 e. The maximum atomic E-state index is 11.4. The Bertz CT molecular complexity index is 1060. The van der Waals surface area contributed by atoms with E-state index >= 15 is 0 Å². The number of benzene rings is 3. The number of carbonyl (C=O) groups excluding carboxylic acids is 2. The van der Waals surface area contributed by atoms with E-state index in [2.05, 4.69) is 65.5 Å². The number of carbonyl (C=O) groups is 2. The molecule has 0 spiro atoms. The fourth-order valence-electron chi connectivity index (χ4n) is 2.20. The molecule has 0 aliphatic rings. The molecule has 0 aromatic heterocycles. The molecule has 3 aromatic rings. The van der Waals surface area contributed by atoms with Gasteiger partial charge in [-0.1, -0.05) is 42.8 Å². The molecule has 0 saturated heterocycles. The number of hydrogen-bond donors (Lipinski definition) is 0. The Morgan fingerprint density at radius 3 is 1.65 bits per heavy atom. The van der Waals surface area contributed by atoms with Crippen LogP contribution in [0.5, 0.6) is 0 Å². The standard InChI is InChI=1S/C13H10N.C12H12NO4.2C3H9P.Pd/c1-3-7-12(8-4-1)11-14-13-9-5-2-6-10-13;1-16-11(14)8-10(12(15)17-2)13-9-6-4-3-5-7-9;2*1-4(2)3;/h1-7,9-11H;3-8H,1-2H3;2*1-3H3;/q2*-1;;;+2. The minimum absolute atomic E-state index is 0. The molecule has 0 N–H and O–H groups in total. The molecule has 0 unspecified atom stereocenters. The van der Waals surface area contributed by atoms with Gasteiger partial charge in [0.1, 0.15) is 0 Å². The van der Waals surface area contributed by atoms with Crippen molar-refractivity contribution in [2.75, 3.05) is 54.2 Å². The normalized spacial score (nSPS) is 10.0. The van der Waals surface area contributed by atoms with Crippen molar-refractivity contribution in [1.82, 2.24) is 0 Å². The summed E-state index contributed by atoms with van der Waals surface area (Å²) in [5, 5.41) is 0. The monoisotopic (exact) mass is 672 g/mol. The minimum Gasteiger partial charge on any atom is -0.549 e. The van der Waals surface area contributed by atoms with E-state index < -0.39 is 11.9 Å². The van der Waals surface area contributed by atoms with Gasteiger partial charge in [-0.25, -0.2) is 0 Å². The van der Waals surface area contributed by atoms with E-state index in [9.17, 15) is 9.59 Å². The van der Waals surface area contributed by atoms with Gasteiger partial charge in [0, 0.05) is 0 Å². The van der Waals surface area contributed by atoms with Crippen LogP contribution < -0.4 is 0 Å². The van der Waals surface area contributed by atoms with Crippen molar-refractivity contribution in [3.8, 4) is 0 Å². The number of aliphatic imine (C=N–C) groups is 2. The van der Waals surface area contributed by atoms with Crippen molar-refractivity contribution in [1.29, 1.82) is 0 Å². The SMILES string of the molecule is COC(=O)[CH-]C(=Nc1ccccc1)C(=O)OC.CP(C)C.CP(C)C.[Pd+2].[c-]1ccccc1C=Nc1ccccc1. The molecule has 6 nitrogen and oxygen atoms in total. The molecule has 0 heterocycles. The first kappa shape index (κ1) is 39.5. The summed E-state index contributed by atoms with van der Waals surface area (Å²) in [4.78, 5) is 30.8. The van der Waals surface area contributed by atoms with Crippen molar-refractivity contribution in [2.24, 2.45) is 9.98 Å². The van der Waals surface area contributed by atoms with Crippen LogP contribution in [0.25, 0.3) is 0 Å². The van der Waals surface area contributed by atoms with Gasteiger partial charge in [0.05, 0.1) is 25.6 Å². The van der Waals surface area contributed by atoms with E-state index in [4.69, 9.17) is 0 Å². The van der Waals surface area contributed by atoms with E-state index in [-0.39, 0.29) is 26.1 Å².